The smallest absolute Gasteiger partial charge is 0.360 e. The molecule has 0 spiro atoms. The van der Waals surface area contributed by atoms with E-state index < -0.39 is 11.7 Å². The Balaban J connectivity index is 1.90. The fraction of sp³-hybridized carbons (Fsp3) is 0.214. The van der Waals surface area contributed by atoms with Gasteiger partial charge in [0.25, 0.3) is 0 Å². The molecule has 2 heterocycles. The van der Waals surface area contributed by atoms with Gasteiger partial charge in [0.2, 0.25) is 0 Å². The van der Waals surface area contributed by atoms with Gasteiger partial charge in [-0.15, -0.1) is 0 Å². The molecule has 0 saturated carbocycles. The van der Waals surface area contributed by atoms with Crippen molar-refractivity contribution in [3.05, 3.63) is 59.9 Å². The maximum Gasteiger partial charge on any atom is 0.418 e. The molecule has 1 aromatic carbocycles. The van der Waals surface area contributed by atoms with Gasteiger partial charge in [-0.1, -0.05) is 12.1 Å². The highest BCUT2D eigenvalue weighted by atomic mass is 19.4. The molecule has 0 N–H and O–H groups in total. The van der Waals surface area contributed by atoms with E-state index in [1.54, 1.807) is 23.4 Å². The maximum atomic E-state index is 12.9. The molecule has 0 bridgehead atoms. The number of para-hydroxylation sites is 1. The van der Waals surface area contributed by atoms with Gasteiger partial charge in [-0.05, 0) is 29.8 Å². The highest BCUT2D eigenvalue weighted by Gasteiger charge is 2.42. The Morgan fingerprint density at radius 2 is 1.74 bits per heavy atom. The summed E-state index contributed by atoms with van der Waals surface area (Å²) >= 11 is 0. The summed E-state index contributed by atoms with van der Waals surface area (Å²) < 4.78 is 38.8. The summed E-state index contributed by atoms with van der Waals surface area (Å²) in [5, 5.41) is 0. The lowest BCUT2D eigenvalue weighted by Gasteiger charge is -2.14. The molecular weight excluding hydrogens is 253 g/mol. The van der Waals surface area contributed by atoms with Gasteiger partial charge in [-0.2, -0.15) is 13.2 Å². The first-order chi connectivity index (χ1) is 9.07. The van der Waals surface area contributed by atoms with E-state index >= 15 is 0 Å². The Morgan fingerprint density at radius 1 is 1.05 bits per heavy atom. The molecular formula is C14H11F3N2. The quantitative estimate of drug-likeness (QED) is 0.769. The van der Waals surface area contributed by atoms with Crippen LogP contribution in [0.4, 0.5) is 18.9 Å². The van der Waals surface area contributed by atoms with Gasteiger partial charge in [-0.25, -0.2) is 0 Å². The zero-order valence-corrected chi connectivity index (χ0v) is 9.93. The average molecular weight is 264 g/mol. The fourth-order valence-corrected chi connectivity index (χ4v) is 2.24. The third-order valence-corrected chi connectivity index (χ3v) is 3.22. The molecule has 0 aliphatic carbocycles. The Labute approximate surface area is 108 Å². The minimum absolute atomic E-state index is 0.0199. The van der Waals surface area contributed by atoms with Crippen LogP contribution < -0.4 is 4.90 Å². The van der Waals surface area contributed by atoms with Gasteiger partial charge in [-0.3, -0.25) is 4.98 Å². The predicted octanol–water partition coefficient (Wildman–Crippen LogP) is 3.66. The van der Waals surface area contributed by atoms with Crippen molar-refractivity contribution in [2.45, 2.75) is 12.2 Å². The van der Waals surface area contributed by atoms with E-state index in [1.807, 2.05) is 12.1 Å². The zero-order valence-electron chi connectivity index (χ0n) is 9.93. The van der Waals surface area contributed by atoms with Crippen LogP contribution in [0.2, 0.25) is 0 Å². The molecule has 98 valence electrons. The third kappa shape index (κ3) is 2.28. The lowest BCUT2D eigenvalue weighted by molar-refractivity contribution is -0.137. The number of hydrogen-bond donors (Lipinski definition) is 0. The lowest BCUT2D eigenvalue weighted by Crippen LogP contribution is -2.09. The van der Waals surface area contributed by atoms with Gasteiger partial charge in [0, 0.05) is 24.6 Å². The second-order valence-electron chi connectivity index (χ2n) is 4.46. The number of pyridine rings is 1. The van der Waals surface area contributed by atoms with Crippen LogP contribution in [0.1, 0.15) is 17.2 Å². The van der Waals surface area contributed by atoms with Crippen LogP contribution in [-0.2, 0) is 6.18 Å². The first kappa shape index (κ1) is 12.0. The van der Waals surface area contributed by atoms with Crippen LogP contribution in [-0.4, -0.2) is 11.5 Å². The van der Waals surface area contributed by atoms with Crippen molar-refractivity contribution >= 4 is 5.69 Å². The molecule has 5 heteroatoms. The van der Waals surface area contributed by atoms with Crippen LogP contribution in [0.25, 0.3) is 0 Å². The van der Waals surface area contributed by atoms with Crippen molar-refractivity contribution in [3.8, 4) is 0 Å². The van der Waals surface area contributed by atoms with Gasteiger partial charge >= 0.3 is 6.18 Å². The molecule has 3 rings (SSSR count). The third-order valence-electron chi connectivity index (χ3n) is 3.22. The Hall–Kier alpha value is -2.04. The number of hydrogen-bond acceptors (Lipinski definition) is 2. The van der Waals surface area contributed by atoms with Crippen molar-refractivity contribution < 1.29 is 13.2 Å². The number of benzene rings is 1. The number of alkyl halides is 3. The largest absolute Gasteiger partial charge is 0.418 e. The van der Waals surface area contributed by atoms with Gasteiger partial charge in [0.05, 0.1) is 11.6 Å². The number of nitrogens with zero attached hydrogens (tertiary/aromatic N) is 2. The topological polar surface area (TPSA) is 15.9 Å². The van der Waals surface area contributed by atoms with Crippen LogP contribution >= 0.6 is 0 Å². The second kappa shape index (κ2) is 4.26. The summed E-state index contributed by atoms with van der Waals surface area (Å²) in [6.07, 6.45) is -1.01. The monoisotopic (exact) mass is 264 g/mol. The summed E-state index contributed by atoms with van der Waals surface area (Å²) in [7, 11) is 0. The van der Waals surface area contributed by atoms with Crippen molar-refractivity contribution in [1.29, 1.82) is 0 Å². The second-order valence-corrected chi connectivity index (χ2v) is 4.46. The van der Waals surface area contributed by atoms with E-state index in [-0.39, 0.29) is 11.7 Å². The highest BCUT2D eigenvalue weighted by molar-refractivity contribution is 5.62. The average Bonchev–Trinajstić information content (AvgIpc) is 3.19. The fourth-order valence-electron chi connectivity index (χ4n) is 2.24. The molecule has 0 unspecified atom stereocenters. The van der Waals surface area contributed by atoms with Crippen molar-refractivity contribution in [1.82, 2.24) is 4.98 Å². The number of aromatic nitrogens is 1. The standard InChI is InChI=1S/C14H11F3N2/c15-14(16,17)11-3-1-2-4-12(11)19-9-13(19)10-5-7-18-8-6-10/h1-8,13H,9H2/t13-,19?/m0/s1. The molecule has 1 atom stereocenters. The molecule has 1 saturated heterocycles. The van der Waals surface area contributed by atoms with Crippen LogP contribution in [0.5, 0.6) is 0 Å². The minimum atomic E-state index is -4.32. The predicted molar refractivity (Wildman–Crippen MR) is 65.8 cm³/mol. The first-order valence-electron chi connectivity index (χ1n) is 5.90. The van der Waals surface area contributed by atoms with E-state index in [4.69, 9.17) is 0 Å². The SMILES string of the molecule is FC(F)(F)c1ccccc1N1C[C@H]1c1ccncc1. The van der Waals surface area contributed by atoms with Crippen molar-refractivity contribution in [2.75, 3.05) is 11.4 Å². The van der Waals surface area contributed by atoms with Gasteiger partial charge in [0.1, 0.15) is 0 Å². The summed E-state index contributed by atoms with van der Waals surface area (Å²) in [6.45, 7) is 0.608. The highest BCUT2D eigenvalue weighted by Crippen LogP contribution is 2.45. The lowest BCUT2D eigenvalue weighted by atomic mass is 10.1. The van der Waals surface area contributed by atoms with Gasteiger partial charge < -0.3 is 4.90 Å². The molecule has 2 aromatic rings. The Bertz CT molecular complexity index is 581. The van der Waals surface area contributed by atoms with Crippen molar-refractivity contribution in [3.63, 3.8) is 0 Å². The van der Waals surface area contributed by atoms with Crippen LogP contribution in [0, 0.1) is 0 Å². The minimum Gasteiger partial charge on any atom is -0.360 e. The molecule has 1 aliphatic rings. The zero-order chi connectivity index (χ0) is 13.5. The number of rotatable bonds is 2. The molecule has 0 amide bonds. The molecule has 1 aliphatic heterocycles. The van der Waals surface area contributed by atoms with E-state index in [2.05, 4.69) is 4.98 Å². The van der Waals surface area contributed by atoms with E-state index in [0.717, 1.165) is 11.6 Å². The molecule has 2 nitrogen and oxygen atoms in total. The summed E-state index contributed by atoms with van der Waals surface area (Å²) in [6, 6.07) is 9.37. The Kier molecular flexibility index (Phi) is 2.69. The molecule has 1 fully saturated rings. The first-order valence-corrected chi connectivity index (χ1v) is 5.90. The molecule has 19 heavy (non-hydrogen) atoms. The van der Waals surface area contributed by atoms with Crippen molar-refractivity contribution in [2.24, 2.45) is 0 Å². The summed E-state index contributed by atoms with van der Waals surface area (Å²) in [5.74, 6) is 0. The van der Waals surface area contributed by atoms with Crippen LogP contribution in [0.3, 0.4) is 0 Å². The van der Waals surface area contributed by atoms with E-state index in [1.165, 1.54) is 12.1 Å². The molecule has 0 radical (unpaired) electrons. The van der Waals surface area contributed by atoms with Gasteiger partial charge in [0.15, 0.2) is 0 Å². The van der Waals surface area contributed by atoms with Crippen LogP contribution in [0.15, 0.2) is 48.8 Å². The molecule has 1 aromatic heterocycles. The van der Waals surface area contributed by atoms with E-state index in [0.29, 0.717) is 6.54 Å². The number of halogens is 3. The summed E-state index contributed by atoms with van der Waals surface area (Å²) in [5.41, 5.74) is 0.662. The number of anilines is 1. The maximum absolute atomic E-state index is 12.9. The summed E-state index contributed by atoms with van der Waals surface area (Å²) in [4.78, 5) is 5.66. The Morgan fingerprint density at radius 3 is 2.42 bits per heavy atom. The normalized spacial score (nSPS) is 18.5. The van der Waals surface area contributed by atoms with E-state index in [9.17, 15) is 13.2 Å².